The molecule has 2 aromatic rings. The van der Waals surface area contributed by atoms with Crippen molar-refractivity contribution in [2.45, 2.75) is 4.90 Å². The van der Waals surface area contributed by atoms with Crippen LogP contribution < -0.4 is 0 Å². The Labute approximate surface area is 82.9 Å². The van der Waals surface area contributed by atoms with Gasteiger partial charge in [0, 0.05) is 16.7 Å². The lowest BCUT2D eigenvalue weighted by atomic mass is 10.1. The molecule has 63 valence electrons. The van der Waals surface area contributed by atoms with Crippen molar-refractivity contribution in [1.29, 1.82) is 0 Å². The van der Waals surface area contributed by atoms with Gasteiger partial charge in [0.25, 0.3) is 0 Å². The maximum Gasteiger partial charge on any atom is 0.0701 e. The topological polar surface area (TPSA) is 12.9 Å². The van der Waals surface area contributed by atoms with Crippen LogP contribution in [0.15, 0.2) is 53.6 Å². The summed E-state index contributed by atoms with van der Waals surface area (Å²) in [4.78, 5) is 5.11. The summed E-state index contributed by atoms with van der Waals surface area (Å²) in [5, 5.41) is 0. The fourth-order valence-electron chi connectivity index (χ4n) is 1.16. The molecule has 0 N–H and O–H groups in total. The Morgan fingerprint density at radius 1 is 0.923 bits per heavy atom. The molecule has 0 aliphatic rings. The van der Waals surface area contributed by atoms with Crippen molar-refractivity contribution < 1.29 is 0 Å². The Hall–Kier alpha value is -1.41. The van der Waals surface area contributed by atoms with Gasteiger partial charge in [-0.05, 0) is 24.3 Å². The van der Waals surface area contributed by atoms with E-state index in [1.165, 1.54) is 0 Å². The van der Waals surface area contributed by atoms with Crippen molar-refractivity contribution in [3.05, 3.63) is 48.7 Å². The molecule has 0 fully saturated rings. The van der Waals surface area contributed by atoms with E-state index in [-0.39, 0.29) is 0 Å². The molecule has 1 nitrogen and oxygen atoms in total. The standard InChI is InChI=1S/C11H8NS/c13-10-6-4-9(5-7-10)11-3-1-2-8-12-11/h1-8H. The van der Waals surface area contributed by atoms with Gasteiger partial charge in [-0.25, -0.2) is 0 Å². The van der Waals surface area contributed by atoms with E-state index in [1.54, 1.807) is 6.20 Å². The van der Waals surface area contributed by atoms with Crippen LogP contribution in [0.3, 0.4) is 0 Å². The van der Waals surface area contributed by atoms with Gasteiger partial charge in [-0.1, -0.05) is 30.8 Å². The lowest BCUT2D eigenvalue weighted by molar-refractivity contribution is 1.32. The van der Waals surface area contributed by atoms with Gasteiger partial charge in [0.15, 0.2) is 0 Å². The molecule has 0 unspecified atom stereocenters. The van der Waals surface area contributed by atoms with E-state index < -0.39 is 0 Å². The van der Waals surface area contributed by atoms with E-state index in [0.29, 0.717) is 0 Å². The summed E-state index contributed by atoms with van der Waals surface area (Å²) >= 11 is 5.00. The summed E-state index contributed by atoms with van der Waals surface area (Å²) in [6.07, 6.45) is 1.79. The van der Waals surface area contributed by atoms with Gasteiger partial charge in [-0.3, -0.25) is 4.98 Å². The zero-order valence-corrected chi connectivity index (χ0v) is 7.79. The average Bonchev–Trinajstić information content (AvgIpc) is 2.20. The highest BCUT2D eigenvalue weighted by molar-refractivity contribution is 7.80. The van der Waals surface area contributed by atoms with Crippen LogP contribution in [0, 0.1) is 0 Å². The van der Waals surface area contributed by atoms with Crippen molar-refractivity contribution in [3.8, 4) is 11.3 Å². The number of benzene rings is 1. The molecular weight excluding hydrogens is 178 g/mol. The van der Waals surface area contributed by atoms with E-state index in [4.69, 9.17) is 12.6 Å². The number of aromatic nitrogens is 1. The van der Waals surface area contributed by atoms with Crippen LogP contribution in [-0.2, 0) is 0 Å². The molecule has 0 spiro atoms. The average molecular weight is 186 g/mol. The molecule has 0 bridgehead atoms. The summed E-state index contributed by atoms with van der Waals surface area (Å²) in [7, 11) is 0. The monoisotopic (exact) mass is 186 g/mol. The molecule has 2 rings (SSSR count). The first-order valence-electron chi connectivity index (χ1n) is 4.05. The summed E-state index contributed by atoms with van der Waals surface area (Å²) in [5.74, 6) is 0. The number of hydrogen-bond acceptors (Lipinski definition) is 1. The molecule has 13 heavy (non-hydrogen) atoms. The predicted octanol–water partition coefficient (Wildman–Crippen LogP) is 3.31. The Kier molecular flexibility index (Phi) is 2.23. The molecule has 1 aromatic carbocycles. The largest absolute Gasteiger partial charge is 0.256 e. The summed E-state index contributed by atoms with van der Waals surface area (Å²) < 4.78 is 0. The van der Waals surface area contributed by atoms with Crippen LogP contribution in [0.4, 0.5) is 0 Å². The second kappa shape index (κ2) is 3.54. The van der Waals surface area contributed by atoms with Gasteiger partial charge in [0.2, 0.25) is 0 Å². The van der Waals surface area contributed by atoms with Crippen molar-refractivity contribution >= 4 is 12.6 Å². The van der Waals surface area contributed by atoms with Crippen molar-refractivity contribution in [1.82, 2.24) is 4.98 Å². The van der Waals surface area contributed by atoms with Crippen molar-refractivity contribution in [3.63, 3.8) is 0 Å². The molecule has 0 saturated carbocycles. The third kappa shape index (κ3) is 1.84. The Morgan fingerprint density at radius 2 is 1.69 bits per heavy atom. The van der Waals surface area contributed by atoms with Gasteiger partial charge >= 0.3 is 0 Å². The van der Waals surface area contributed by atoms with Crippen LogP contribution in [0.2, 0.25) is 0 Å². The highest BCUT2D eigenvalue weighted by Crippen LogP contribution is 2.17. The van der Waals surface area contributed by atoms with E-state index in [9.17, 15) is 0 Å². The van der Waals surface area contributed by atoms with Crippen LogP contribution in [0.25, 0.3) is 11.3 Å². The highest BCUT2D eigenvalue weighted by Gasteiger charge is 1.96. The summed E-state index contributed by atoms with van der Waals surface area (Å²) in [5.41, 5.74) is 2.09. The molecule has 0 saturated heterocycles. The Bertz CT molecular complexity index is 381. The van der Waals surface area contributed by atoms with E-state index in [0.717, 1.165) is 16.2 Å². The van der Waals surface area contributed by atoms with Gasteiger partial charge < -0.3 is 0 Å². The minimum Gasteiger partial charge on any atom is -0.256 e. The van der Waals surface area contributed by atoms with E-state index in [2.05, 4.69) is 4.98 Å². The number of pyridine rings is 1. The normalized spacial score (nSPS) is 9.85. The fraction of sp³-hybridized carbons (Fsp3) is 0. The third-order valence-corrected chi connectivity index (χ3v) is 2.09. The summed E-state index contributed by atoms with van der Waals surface area (Å²) in [6.45, 7) is 0. The third-order valence-electron chi connectivity index (χ3n) is 1.81. The second-order valence-corrected chi connectivity index (χ2v) is 3.21. The molecular formula is C11H8NS. The van der Waals surface area contributed by atoms with Crippen LogP contribution in [0.1, 0.15) is 0 Å². The molecule has 1 heterocycles. The van der Waals surface area contributed by atoms with Gasteiger partial charge in [-0.15, -0.1) is 0 Å². The first-order valence-corrected chi connectivity index (χ1v) is 4.45. The Morgan fingerprint density at radius 3 is 2.31 bits per heavy atom. The molecule has 2 heteroatoms. The SMILES string of the molecule is [S]c1ccc(-c2ccccn2)cc1. The minimum absolute atomic E-state index is 0.861. The first kappa shape index (κ1) is 8.20. The lowest BCUT2D eigenvalue weighted by Gasteiger charge is -1.98. The smallest absolute Gasteiger partial charge is 0.0701 e. The molecule has 1 radical (unpaired) electrons. The number of hydrogen-bond donors (Lipinski definition) is 0. The fourth-order valence-corrected chi connectivity index (χ4v) is 1.30. The summed E-state index contributed by atoms with van der Waals surface area (Å²) in [6, 6.07) is 13.7. The predicted molar refractivity (Wildman–Crippen MR) is 55.5 cm³/mol. The van der Waals surface area contributed by atoms with Gasteiger partial charge in [-0.2, -0.15) is 0 Å². The number of rotatable bonds is 1. The highest BCUT2D eigenvalue weighted by atomic mass is 32.1. The van der Waals surface area contributed by atoms with E-state index in [1.807, 2.05) is 42.5 Å². The maximum absolute atomic E-state index is 5.00. The van der Waals surface area contributed by atoms with Crippen LogP contribution in [-0.4, -0.2) is 4.98 Å². The number of nitrogens with zero attached hydrogens (tertiary/aromatic N) is 1. The maximum atomic E-state index is 5.00. The molecule has 0 aliphatic carbocycles. The molecule has 0 aliphatic heterocycles. The minimum atomic E-state index is 0.861. The van der Waals surface area contributed by atoms with Crippen LogP contribution in [0.5, 0.6) is 0 Å². The molecule has 0 amide bonds. The van der Waals surface area contributed by atoms with Crippen LogP contribution >= 0.6 is 12.6 Å². The Balaban J connectivity index is 2.42. The van der Waals surface area contributed by atoms with Crippen molar-refractivity contribution in [2.24, 2.45) is 0 Å². The van der Waals surface area contributed by atoms with Gasteiger partial charge in [0.1, 0.15) is 0 Å². The zero-order chi connectivity index (χ0) is 9.10. The van der Waals surface area contributed by atoms with Crippen molar-refractivity contribution in [2.75, 3.05) is 0 Å². The van der Waals surface area contributed by atoms with E-state index >= 15 is 0 Å². The lowest BCUT2D eigenvalue weighted by Crippen LogP contribution is -1.80. The first-order chi connectivity index (χ1) is 6.36. The second-order valence-electron chi connectivity index (χ2n) is 2.74. The quantitative estimate of drug-likeness (QED) is 0.665. The van der Waals surface area contributed by atoms with Gasteiger partial charge in [0.05, 0.1) is 5.69 Å². The zero-order valence-electron chi connectivity index (χ0n) is 6.97. The molecule has 0 atom stereocenters. The molecule has 1 aromatic heterocycles.